The Morgan fingerprint density at radius 2 is 2.00 bits per heavy atom. The highest BCUT2D eigenvalue weighted by atomic mass is 79.9. The topological polar surface area (TPSA) is 33.3 Å². The second-order valence-corrected chi connectivity index (χ2v) is 7.30. The molecule has 7 heteroatoms. The fourth-order valence-electron chi connectivity index (χ4n) is 2.00. The molecule has 2 aromatic carbocycles. The van der Waals surface area contributed by atoms with Crippen LogP contribution in [-0.4, -0.2) is 18.8 Å². The van der Waals surface area contributed by atoms with Crippen molar-refractivity contribution in [3.05, 3.63) is 55.9 Å². The van der Waals surface area contributed by atoms with Crippen molar-refractivity contribution in [1.29, 1.82) is 0 Å². The second kappa shape index (κ2) is 8.87. The first-order valence-electron chi connectivity index (χ1n) is 6.82. The van der Waals surface area contributed by atoms with E-state index in [4.69, 9.17) is 28.6 Å². The predicted octanol–water partition coefficient (Wildman–Crippen LogP) is 5.40. The van der Waals surface area contributed by atoms with Crippen LogP contribution in [0.2, 0.25) is 5.02 Å². The Hall–Kier alpha value is -0.820. The highest BCUT2D eigenvalue weighted by molar-refractivity contribution is 9.10. The molecule has 0 fully saturated rings. The Kier molecular flexibility index (Phi) is 7.14. The second-order valence-electron chi connectivity index (χ2n) is 4.72. The molecule has 0 aromatic heterocycles. The average Bonchev–Trinajstić information content (AvgIpc) is 2.51. The first-order valence-corrected chi connectivity index (χ1v) is 9.19. The molecule has 0 saturated heterocycles. The minimum Gasteiger partial charge on any atom is -0.496 e. The van der Waals surface area contributed by atoms with Gasteiger partial charge in [0.2, 0.25) is 0 Å². The predicted molar refractivity (Wildman–Crippen MR) is 108 cm³/mol. The number of ether oxygens (including phenoxy) is 1. The smallest absolute Gasteiger partial charge is 0.170 e. The van der Waals surface area contributed by atoms with E-state index in [1.54, 1.807) is 7.11 Å². The van der Waals surface area contributed by atoms with Crippen molar-refractivity contribution >= 4 is 66.5 Å². The Bertz CT molecular complexity index is 712. The van der Waals surface area contributed by atoms with Crippen molar-refractivity contribution < 1.29 is 4.74 Å². The van der Waals surface area contributed by atoms with E-state index in [9.17, 15) is 0 Å². The van der Waals surface area contributed by atoms with Crippen molar-refractivity contribution in [2.24, 2.45) is 0 Å². The van der Waals surface area contributed by atoms with E-state index in [2.05, 4.69) is 42.5 Å². The molecule has 0 saturated carbocycles. The lowest BCUT2D eigenvalue weighted by Gasteiger charge is -2.13. The molecule has 2 rings (SSSR count). The molecule has 2 aromatic rings. The molecule has 0 bridgehead atoms. The van der Waals surface area contributed by atoms with Gasteiger partial charge in [-0.25, -0.2) is 0 Å². The maximum absolute atomic E-state index is 6.06. The molecule has 0 radical (unpaired) electrons. The third-order valence-corrected chi connectivity index (χ3v) is 5.07. The van der Waals surface area contributed by atoms with Gasteiger partial charge in [-0.3, -0.25) is 0 Å². The molecule has 2 N–H and O–H groups in total. The van der Waals surface area contributed by atoms with Crippen LogP contribution in [0.1, 0.15) is 5.56 Å². The first kappa shape index (κ1) is 18.5. The van der Waals surface area contributed by atoms with E-state index in [-0.39, 0.29) is 0 Å². The van der Waals surface area contributed by atoms with E-state index in [1.165, 1.54) is 0 Å². The van der Waals surface area contributed by atoms with Crippen LogP contribution in [-0.2, 0) is 6.42 Å². The summed E-state index contributed by atoms with van der Waals surface area (Å²) in [6, 6.07) is 11.5. The number of rotatable bonds is 5. The third-order valence-electron chi connectivity index (χ3n) is 3.10. The zero-order valence-corrected chi connectivity index (χ0v) is 17.1. The lowest BCUT2D eigenvalue weighted by Crippen LogP contribution is -2.30. The molecule has 0 aliphatic carbocycles. The third kappa shape index (κ3) is 5.64. The van der Waals surface area contributed by atoms with Crippen molar-refractivity contribution in [3.8, 4) is 5.75 Å². The monoisotopic (exact) mass is 476 g/mol. The molecule has 0 amide bonds. The summed E-state index contributed by atoms with van der Waals surface area (Å²) in [6.45, 7) is 0.697. The van der Waals surface area contributed by atoms with Crippen molar-refractivity contribution in [2.75, 3.05) is 19.0 Å². The zero-order chi connectivity index (χ0) is 16.8. The molecule has 0 spiro atoms. The van der Waals surface area contributed by atoms with Gasteiger partial charge in [0.1, 0.15) is 5.75 Å². The molecule has 0 aliphatic rings. The van der Waals surface area contributed by atoms with E-state index >= 15 is 0 Å². The largest absolute Gasteiger partial charge is 0.496 e. The maximum Gasteiger partial charge on any atom is 0.170 e. The minimum absolute atomic E-state index is 0.553. The number of benzene rings is 2. The van der Waals surface area contributed by atoms with Gasteiger partial charge in [-0.2, -0.15) is 0 Å². The van der Waals surface area contributed by atoms with E-state index in [0.717, 1.165) is 32.4 Å². The number of methoxy groups -OCH3 is 1. The van der Waals surface area contributed by atoms with E-state index < -0.39 is 0 Å². The Labute approximate surface area is 163 Å². The van der Waals surface area contributed by atoms with Crippen LogP contribution in [0.15, 0.2) is 45.3 Å². The lowest BCUT2D eigenvalue weighted by atomic mass is 10.1. The summed E-state index contributed by atoms with van der Waals surface area (Å²) in [7, 11) is 1.67. The quantitative estimate of drug-likeness (QED) is 0.564. The number of hydrogen-bond donors (Lipinski definition) is 2. The number of nitrogens with one attached hydrogen (secondary N) is 2. The lowest BCUT2D eigenvalue weighted by molar-refractivity contribution is 0.409. The molecule has 0 aliphatic heterocycles. The van der Waals surface area contributed by atoms with Crippen LogP contribution in [0.5, 0.6) is 5.75 Å². The molecule has 23 heavy (non-hydrogen) atoms. The van der Waals surface area contributed by atoms with E-state index in [1.807, 2.05) is 36.4 Å². The van der Waals surface area contributed by atoms with Crippen LogP contribution in [0.25, 0.3) is 0 Å². The maximum atomic E-state index is 6.06. The van der Waals surface area contributed by atoms with Gasteiger partial charge in [0, 0.05) is 21.2 Å². The highest BCUT2D eigenvalue weighted by Gasteiger charge is 2.05. The highest BCUT2D eigenvalue weighted by Crippen LogP contribution is 2.25. The van der Waals surface area contributed by atoms with Gasteiger partial charge in [0.15, 0.2) is 5.11 Å². The summed E-state index contributed by atoms with van der Waals surface area (Å²) in [5.41, 5.74) is 1.96. The standard InChI is InChI=1S/C16H15Br2ClN2OS/c1-22-15-5-2-11(17)8-10(15)6-7-20-16(23)21-12-3-4-13(18)14(19)9-12/h2-5,8-9H,6-7H2,1H3,(H2,20,21,23). The summed E-state index contributed by atoms with van der Waals surface area (Å²) in [4.78, 5) is 0. The molecule has 122 valence electrons. The van der Waals surface area contributed by atoms with Crippen molar-refractivity contribution in [2.45, 2.75) is 6.42 Å². The molecule has 0 unspecified atom stereocenters. The number of thiocarbonyl (C=S) groups is 1. The van der Waals surface area contributed by atoms with E-state index in [0.29, 0.717) is 16.7 Å². The SMILES string of the molecule is COc1ccc(Br)cc1CCNC(=S)Nc1ccc(Br)c(Cl)c1. The van der Waals surface area contributed by atoms with Gasteiger partial charge in [0.05, 0.1) is 12.1 Å². The van der Waals surface area contributed by atoms with Crippen LogP contribution in [0.3, 0.4) is 0 Å². The molecule has 0 atom stereocenters. The Morgan fingerprint density at radius 1 is 1.22 bits per heavy atom. The van der Waals surface area contributed by atoms with Crippen LogP contribution >= 0.6 is 55.7 Å². The number of anilines is 1. The van der Waals surface area contributed by atoms with Gasteiger partial charge in [0.25, 0.3) is 0 Å². The first-order chi connectivity index (χ1) is 11.0. The normalized spacial score (nSPS) is 10.3. The Balaban J connectivity index is 1.87. The average molecular weight is 479 g/mol. The van der Waals surface area contributed by atoms with Crippen molar-refractivity contribution in [3.63, 3.8) is 0 Å². The summed E-state index contributed by atoms with van der Waals surface area (Å²) < 4.78 is 7.24. The fourth-order valence-corrected chi connectivity index (χ4v) is 3.06. The van der Waals surface area contributed by atoms with Gasteiger partial charge < -0.3 is 15.4 Å². The molecule has 3 nitrogen and oxygen atoms in total. The Morgan fingerprint density at radius 3 is 2.70 bits per heavy atom. The van der Waals surface area contributed by atoms with Crippen LogP contribution in [0, 0.1) is 0 Å². The summed E-state index contributed by atoms with van der Waals surface area (Å²) in [6.07, 6.45) is 0.797. The summed E-state index contributed by atoms with van der Waals surface area (Å²) in [5.74, 6) is 0.869. The zero-order valence-electron chi connectivity index (χ0n) is 12.3. The number of hydrogen-bond acceptors (Lipinski definition) is 2. The fraction of sp³-hybridized carbons (Fsp3) is 0.188. The molecular formula is C16H15Br2ClN2OS. The van der Waals surface area contributed by atoms with Gasteiger partial charge in [-0.05, 0) is 76.5 Å². The van der Waals surface area contributed by atoms with Crippen LogP contribution < -0.4 is 15.4 Å². The number of halogens is 3. The minimum atomic E-state index is 0.553. The molecule has 0 heterocycles. The molecular weight excluding hydrogens is 464 g/mol. The summed E-state index contributed by atoms with van der Waals surface area (Å²) >= 11 is 18.2. The summed E-state index contributed by atoms with van der Waals surface area (Å²) in [5, 5.41) is 7.48. The van der Waals surface area contributed by atoms with Gasteiger partial charge in [-0.1, -0.05) is 27.5 Å². The van der Waals surface area contributed by atoms with Gasteiger partial charge >= 0.3 is 0 Å². The van der Waals surface area contributed by atoms with Crippen molar-refractivity contribution in [1.82, 2.24) is 5.32 Å². The van der Waals surface area contributed by atoms with Crippen LogP contribution in [0.4, 0.5) is 5.69 Å². The van der Waals surface area contributed by atoms with Gasteiger partial charge in [-0.15, -0.1) is 0 Å².